The number of nitrogens with two attached hydrogens (primary N) is 1. The summed E-state index contributed by atoms with van der Waals surface area (Å²) in [5, 5.41) is 0.210. The predicted octanol–water partition coefficient (Wildman–Crippen LogP) is 1.53. The molecule has 1 fully saturated rings. The molecule has 2 N–H and O–H groups in total. The van der Waals surface area contributed by atoms with Gasteiger partial charge in [-0.05, 0) is 12.1 Å². The molecule has 0 spiro atoms. The number of benzene rings is 1. The monoisotopic (exact) mass is 290 g/mol. The van der Waals surface area contributed by atoms with E-state index < -0.39 is 20.7 Å². The Kier molecular flexibility index (Phi) is 3.84. The fourth-order valence-electron chi connectivity index (χ4n) is 1.93. The minimum atomic E-state index is -3.84. The Morgan fingerprint density at radius 3 is 2.83 bits per heavy atom. The standard InChI is InChI=1S/C11H15FN2O2S2/c1-8-7-14(5-6-17-8)18(15,16)11-9(12)3-2-4-10(11)13/h2-4,8H,5-7,13H2,1H3. The van der Waals surface area contributed by atoms with Crippen molar-refractivity contribution in [2.45, 2.75) is 17.1 Å². The Bertz CT molecular complexity index is 528. The first kappa shape index (κ1) is 13.6. The summed E-state index contributed by atoms with van der Waals surface area (Å²) < 4.78 is 39.8. The summed E-state index contributed by atoms with van der Waals surface area (Å²) in [5.74, 6) is -0.0738. The van der Waals surface area contributed by atoms with Gasteiger partial charge in [-0.3, -0.25) is 0 Å². The zero-order valence-corrected chi connectivity index (χ0v) is 11.6. The highest BCUT2D eigenvalue weighted by Crippen LogP contribution is 2.28. The summed E-state index contributed by atoms with van der Waals surface area (Å²) in [7, 11) is -3.84. The molecule has 1 unspecified atom stereocenters. The zero-order chi connectivity index (χ0) is 13.3. The van der Waals surface area contributed by atoms with Crippen LogP contribution in [-0.4, -0.2) is 36.8 Å². The van der Waals surface area contributed by atoms with Crippen LogP contribution in [0.15, 0.2) is 23.1 Å². The number of anilines is 1. The molecule has 4 nitrogen and oxygen atoms in total. The average Bonchev–Trinajstić information content (AvgIpc) is 2.28. The maximum atomic E-state index is 13.7. The molecule has 2 rings (SSSR count). The van der Waals surface area contributed by atoms with Gasteiger partial charge in [0.1, 0.15) is 10.7 Å². The van der Waals surface area contributed by atoms with E-state index in [9.17, 15) is 12.8 Å². The van der Waals surface area contributed by atoms with Crippen LogP contribution in [-0.2, 0) is 10.0 Å². The fraction of sp³-hybridized carbons (Fsp3) is 0.455. The number of nitrogen functional groups attached to an aromatic ring is 1. The third-order valence-electron chi connectivity index (χ3n) is 2.80. The van der Waals surface area contributed by atoms with Crippen LogP contribution in [0.25, 0.3) is 0 Å². The normalized spacial score (nSPS) is 22.0. The third-order valence-corrected chi connectivity index (χ3v) is 5.89. The van der Waals surface area contributed by atoms with Crippen molar-refractivity contribution in [3.63, 3.8) is 0 Å². The fourth-order valence-corrected chi connectivity index (χ4v) is 4.85. The number of rotatable bonds is 2. The van der Waals surface area contributed by atoms with E-state index in [1.807, 2.05) is 6.92 Å². The third kappa shape index (κ3) is 2.48. The minimum absolute atomic E-state index is 0.0409. The van der Waals surface area contributed by atoms with E-state index in [0.29, 0.717) is 13.1 Å². The molecule has 100 valence electrons. The highest BCUT2D eigenvalue weighted by atomic mass is 32.2. The van der Waals surface area contributed by atoms with Crippen LogP contribution in [0.2, 0.25) is 0 Å². The minimum Gasteiger partial charge on any atom is -0.398 e. The maximum Gasteiger partial charge on any atom is 0.248 e. The first-order valence-corrected chi connectivity index (χ1v) is 8.07. The van der Waals surface area contributed by atoms with Crippen molar-refractivity contribution in [3.05, 3.63) is 24.0 Å². The molecule has 1 aliphatic rings. The van der Waals surface area contributed by atoms with Crippen LogP contribution in [0, 0.1) is 5.82 Å². The van der Waals surface area contributed by atoms with Gasteiger partial charge in [-0.25, -0.2) is 12.8 Å². The van der Waals surface area contributed by atoms with Gasteiger partial charge in [0, 0.05) is 24.1 Å². The van der Waals surface area contributed by atoms with E-state index in [4.69, 9.17) is 5.73 Å². The van der Waals surface area contributed by atoms with E-state index in [1.165, 1.54) is 16.4 Å². The summed E-state index contributed by atoms with van der Waals surface area (Å²) in [6.45, 7) is 2.74. The number of halogens is 1. The van der Waals surface area contributed by atoms with Crippen LogP contribution >= 0.6 is 11.8 Å². The number of sulfonamides is 1. The lowest BCUT2D eigenvalue weighted by molar-refractivity contribution is 0.420. The molecule has 1 heterocycles. The molecule has 1 saturated heterocycles. The van der Waals surface area contributed by atoms with Gasteiger partial charge in [0.15, 0.2) is 0 Å². The van der Waals surface area contributed by atoms with Gasteiger partial charge in [0.2, 0.25) is 10.0 Å². The first-order chi connectivity index (χ1) is 8.43. The van der Waals surface area contributed by atoms with Crippen molar-refractivity contribution in [3.8, 4) is 0 Å². The predicted molar refractivity (Wildman–Crippen MR) is 71.5 cm³/mol. The Morgan fingerprint density at radius 1 is 1.50 bits per heavy atom. The van der Waals surface area contributed by atoms with Crippen LogP contribution in [0.1, 0.15) is 6.92 Å². The molecule has 1 aromatic rings. The van der Waals surface area contributed by atoms with Crippen molar-refractivity contribution in [2.24, 2.45) is 0 Å². The van der Waals surface area contributed by atoms with E-state index in [1.54, 1.807) is 11.8 Å². The number of nitrogens with zero attached hydrogens (tertiary/aromatic N) is 1. The summed E-state index contributed by atoms with van der Waals surface area (Å²) in [4.78, 5) is -0.399. The van der Waals surface area contributed by atoms with Gasteiger partial charge >= 0.3 is 0 Å². The zero-order valence-electron chi connectivity index (χ0n) is 9.97. The molecular formula is C11H15FN2O2S2. The molecule has 0 aromatic heterocycles. The van der Waals surface area contributed by atoms with Crippen LogP contribution in [0.3, 0.4) is 0 Å². The summed E-state index contributed by atoms with van der Waals surface area (Å²) in [6, 6.07) is 3.92. The number of thioether (sulfide) groups is 1. The lowest BCUT2D eigenvalue weighted by atomic mass is 10.3. The molecule has 1 aliphatic heterocycles. The SMILES string of the molecule is CC1CN(S(=O)(=O)c2c(N)cccc2F)CCS1. The van der Waals surface area contributed by atoms with Crippen LogP contribution in [0.4, 0.5) is 10.1 Å². The van der Waals surface area contributed by atoms with E-state index in [-0.39, 0.29) is 10.9 Å². The largest absolute Gasteiger partial charge is 0.398 e. The van der Waals surface area contributed by atoms with Crippen molar-refractivity contribution < 1.29 is 12.8 Å². The molecule has 18 heavy (non-hydrogen) atoms. The smallest absolute Gasteiger partial charge is 0.248 e. The second-order valence-corrected chi connectivity index (χ2v) is 7.62. The van der Waals surface area contributed by atoms with Gasteiger partial charge in [-0.1, -0.05) is 13.0 Å². The van der Waals surface area contributed by atoms with Crippen molar-refractivity contribution >= 4 is 27.5 Å². The van der Waals surface area contributed by atoms with Gasteiger partial charge in [-0.15, -0.1) is 0 Å². The molecule has 0 bridgehead atoms. The highest BCUT2D eigenvalue weighted by molar-refractivity contribution is 8.00. The van der Waals surface area contributed by atoms with Crippen LogP contribution in [0.5, 0.6) is 0 Å². The highest BCUT2D eigenvalue weighted by Gasteiger charge is 2.32. The molecule has 0 amide bonds. The van der Waals surface area contributed by atoms with Crippen molar-refractivity contribution in [1.29, 1.82) is 0 Å². The van der Waals surface area contributed by atoms with Crippen LogP contribution < -0.4 is 5.73 Å². The van der Waals surface area contributed by atoms with Gasteiger partial charge in [-0.2, -0.15) is 16.1 Å². The van der Waals surface area contributed by atoms with Gasteiger partial charge < -0.3 is 5.73 Å². The summed E-state index contributed by atoms with van der Waals surface area (Å²) in [6.07, 6.45) is 0. The second-order valence-electron chi connectivity index (χ2n) is 4.20. The maximum absolute atomic E-state index is 13.7. The quantitative estimate of drug-likeness (QED) is 0.839. The lowest BCUT2D eigenvalue weighted by Crippen LogP contribution is -2.41. The molecule has 1 aromatic carbocycles. The Hall–Kier alpha value is -0.790. The van der Waals surface area contributed by atoms with Crippen molar-refractivity contribution in [2.75, 3.05) is 24.6 Å². The molecular weight excluding hydrogens is 275 g/mol. The van der Waals surface area contributed by atoms with Gasteiger partial charge in [0.05, 0.1) is 5.69 Å². The number of hydrogen-bond donors (Lipinski definition) is 1. The number of hydrogen-bond acceptors (Lipinski definition) is 4. The Morgan fingerprint density at radius 2 is 2.22 bits per heavy atom. The molecule has 0 saturated carbocycles. The Balaban J connectivity index is 2.42. The average molecular weight is 290 g/mol. The molecule has 7 heteroatoms. The lowest BCUT2D eigenvalue weighted by Gasteiger charge is -2.30. The Labute approximate surface area is 110 Å². The summed E-state index contributed by atoms with van der Waals surface area (Å²) in [5.41, 5.74) is 5.56. The van der Waals surface area contributed by atoms with E-state index >= 15 is 0 Å². The molecule has 1 atom stereocenters. The summed E-state index contributed by atoms with van der Waals surface area (Å²) >= 11 is 1.71. The molecule has 0 aliphatic carbocycles. The second kappa shape index (κ2) is 5.07. The van der Waals surface area contributed by atoms with E-state index in [2.05, 4.69) is 0 Å². The molecule has 0 radical (unpaired) electrons. The van der Waals surface area contributed by atoms with Gasteiger partial charge in [0.25, 0.3) is 0 Å². The topological polar surface area (TPSA) is 63.4 Å². The van der Waals surface area contributed by atoms with E-state index in [0.717, 1.165) is 11.8 Å². The van der Waals surface area contributed by atoms with Crippen molar-refractivity contribution in [1.82, 2.24) is 4.31 Å². The first-order valence-electron chi connectivity index (χ1n) is 5.58.